The van der Waals surface area contributed by atoms with Crippen LogP contribution in [-0.4, -0.2) is 11.0 Å². The zero-order valence-electron chi connectivity index (χ0n) is 9.75. The second kappa shape index (κ2) is 5.42. The van der Waals surface area contributed by atoms with Crippen molar-refractivity contribution in [2.24, 2.45) is 0 Å². The summed E-state index contributed by atoms with van der Waals surface area (Å²) in [6, 6.07) is 4.44. The molecule has 104 valence electrons. The van der Waals surface area contributed by atoms with Gasteiger partial charge in [0.1, 0.15) is 28.8 Å². The molecule has 2 N–H and O–H groups in total. The van der Waals surface area contributed by atoms with Crippen LogP contribution in [0.2, 0.25) is 5.02 Å². The smallest absolute Gasteiger partial charge is 0.261 e. The summed E-state index contributed by atoms with van der Waals surface area (Å²) >= 11 is 5.74. The molecule has 0 aliphatic rings. The van der Waals surface area contributed by atoms with E-state index in [-0.39, 0.29) is 16.5 Å². The first kappa shape index (κ1) is 14.2. The number of aromatic hydroxyl groups is 1. The number of phenolic OH excluding ortho intramolecular Hbond substituents is 1. The largest absolute Gasteiger partial charge is 0.508 e. The molecular weight excluding hydrogens is 295 g/mol. The zero-order chi connectivity index (χ0) is 14.9. The fraction of sp³-hybridized carbons (Fsp3) is 0. The van der Waals surface area contributed by atoms with E-state index in [1.165, 1.54) is 12.1 Å². The lowest BCUT2D eigenvalue weighted by molar-refractivity contribution is 0.101. The number of anilines is 1. The van der Waals surface area contributed by atoms with E-state index in [1.807, 2.05) is 0 Å². The van der Waals surface area contributed by atoms with Gasteiger partial charge in [-0.05, 0) is 12.1 Å². The lowest BCUT2D eigenvalue weighted by Gasteiger charge is -2.09. The third kappa shape index (κ3) is 2.85. The number of hydrogen-bond acceptors (Lipinski definition) is 2. The lowest BCUT2D eigenvalue weighted by Crippen LogP contribution is -2.16. The van der Waals surface area contributed by atoms with Crippen molar-refractivity contribution in [2.75, 3.05) is 5.32 Å². The van der Waals surface area contributed by atoms with Gasteiger partial charge in [0, 0.05) is 18.2 Å². The SMILES string of the molecule is O=C(Nc1ccc(O)cc1Cl)c1c(F)cc(F)cc1F. The van der Waals surface area contributed by atoms with E-state index in [1.54, 1.807) is 0 Å². The van der Waals surface area contributed by atoms with Crippen LogP contribution >= 0.6 is 11.6 Å². The molecule has 2 aromatic carbocycles. The topological polar surface area (TPSA) is 49.3 Å². The normalized spacial score (nSPS) is 10.4. The van der Waals surface area contributed by atoms with Crippen molar-refractivity contribution in [2.45, 2.75) is 0 Å². The number of amides is 1. The minimum absolute atomic E-state index is 0.0127. The molecule has 3 nitrogen and oxygen atoms in total. The minimum Gasteiger partial charge on any atom is -0.508 e. The average molecular weight is 302 g/mol. The summed E-state index contributed by atoms with van der Waals surface area (Å²) in [6.07, 6.45) is 0. The van der Waals surface area contributed by atoms with Crippen LogP contribution < -0.4 is 5.32 Å². The summed E-state index contributed by atoms with van der Waals surface area (Å²) in [5, 5.41) is 11.3. The Morgan fingerprint density at radius 3 is 2.25 bits per heavy atom. The van der Waals surface area contributed by atoms with E-state index >= 15 is 0 Å². The number of hydrogen-bond donors (Lipinski definition) is 2. The number of carbonyl (C=O) groups excluding carboxylic acids is 1. The van der Waals surface area contributed by atoms with Gasteiger partial charge < -0.3 is 10.4 Å². The molecule has 2 aromatic rings. The van der Waals surface area contributed by atoms with Gasteiger partial charge >= 0.3 is 0 Å². The Bertz CT molecular complexity index is 668. The molecule has 20 heavy (non-hydrogen) atoms. The van der Waals surface area contributed by atoms with Crippen LogP contribution in [0.25, 0.3) is 0 Å². The second-order valence-electron chi connectivity index (χ2n) is 3.86. The second-order valence-corrected chi connectivity index (χ2v) is 4.27. The van der Waals surface area contributed by atoms with Crippen LogP contribution in [0.3, 0.4) is 0 Å². The number of carbonyl (C=O) groups is 1. The molecule has 0 spiro atoms. The third-order valence-corrected chi connectivity index (χ3v) is 2.75. The predicted molar refractivity (Wildman–Crippen MR) is 67.4 cm³/mol. The Hall–Kier alpha value is -2.21. The third-order valence-electron chi connectivity index (χ3n) is 2.43. The summed E-state index contributed by atoms with van der Waals surface area (Å²) in [6.45, 7) is 0. The van der Waals surface area contributed by atoms with Crippen LogP contribution in [0.5, 0.6) is 5.75 Å². The Kier molecular flexibility index (Phi) is 3.85. The maximum atomic E-state index is 13.4. The molecule has 0 atom stereocenters. The van der Waals surface area contributed by atoms with E-state index in [0.717, 1.165) is 6.07 Å². The minimum atomic E-state index is -1.32. The van der Waals surface area contributed by atoms with Gasteiger partial charge in [-0.3, -0.25) is 4.79 Å². The highest BCUT2D eigenvalue weighted by molar-refractivity contribution is 6.34. The maximum Gasteiger partial charge on any atom is 0.261 e. The van der Waals surface area contributed by atoms with E-state index in [0.29, 0.717) is 12.1 Å². The molecule has 0 radical (unpaired) electrons. The van der Waals surface area contributed by atoms with Gasteiger partial charge in [0.2, 0.25) is 0 Å². The average Bonchev–Trinajstić information content (AvgIpc) is 2.31. The molecule has 1 amide bonds. The fourth-order valence-corrected chi connectivity index (χ4v) is 1.77. The van der Waals surface area contributed by atoms with Crippen molar-refractivity contribution in [1.29, 1.82) is 0 Å². The molecule has 0 fully saturated rings. The van der Waals surface area contributed by atoms with Crippen LogP contribution in [0.1, 0.15) is 10.4 Å². The Morgan fingerprint density at radius 2 is 1.70 bits per heavy atom. The zero-order valence-corrected chi connectivity index (χ0v) is 10.5. The predicted octanol–water partition coefficient (Wildman–Crippen LogP) is 3.72. The quantitative estimate of drug-likeness (QED) is 0.831. The molecule has 0 saturated heterocycles. The van der Waals surface area contributed by atoms with Crippen molar-refractivity contribution >= 4 is 23.2 Å². The van der Waals surface area contributed by atoms with Gasteiger partial charge in [-0.15, -0.1) is 0 Å². The Morgan fingerprint density at radius 1 is 1.10 bits per heavy atom. The molecule has 0 aromatic heterocycles. The van der Waals surface area contributed by atoms with E-state index in [2.05, 4.69) is 5.32 Å². The van der Waals surface area contributed by atoms with Crippen molar-refractivity contribution in [3.05, 3.63) is 58.4 Å². The molecule has 0 bridgehead atoms. The van der Waals surface area contributed by atoms with Crippen LogP contribution in [-0.2, 0) is 0 Å². The van der Waals surface area contributed by atoms with Gasteiger partial charge in [0.25, 0.3) is 5.91 Å². The van der Waals surface area contributed by atoms with Crippen molar-refractivity contribution in [3.63, 3.8) is 0 Å². The fourth-order valence-electron chi connectivity index (χ4n) is 1.55. The summed E-state index contributed by atoms with van der Waals surface area (Å²) in [7, 11) is 0. The lowest BCUT2D eigenvalue weighted by atomic mass is 10.1. The standard InChI is InChI=1S/C13H7ClF3NO2/c14-8-5-7(19)1-2-11(8)18-13(20)12-9(16)3-6(15)4-10(12)17/h1-5,19H,(H,18,20). The highest BCUT2D eigenvalue weighted by Gasteiger charge is 2.19. The van der Waals surface area contributed by atoms with Crippen LogP contribution in [0.4, 0.5) is 18.9 Å². The van der Waals surface area contributed by atoms with Crippen molar-refractivity contribution < 1.29 is 23.1 Å². The maximum absolute atomic E-state index is 13.4. The molecule has 0 aliphatic carbocycles. The van der Waals surface area contributed by atoms with Crippen molar-refractivity contribution in [1.82, 2.24) is 0 Å². The molecule has 0 aliphatic heterocycles. The number of halogens is 4. The van der Waals surface area contributed by atoms with Crippen LogP contribution in [0.15, 0.2) is 30.3 Å². The Balaban J connectivity index is 2.33. The summed E-state index contributed by atoms with van der Waals surface area (Å²) in [5.74, 6) is -5.02. The number of phenols is 1. The summed E-state index contributed by atoms with van der Waals surface area (Å²) in [4.78, 5) is 11.8. The summed E-state index contributed by atoms with van der Waals surface area (Å²) < 4.78 is 39.6. The van der Waals surface area contributed by atoms with Gasteiger partial charge in [0.05, 0.1) is 10.7 Å². The first-order chi connectivity index (χ1) is 9.38. The van der Waals surface area contributed by atoms with E-state index in [9.17, 15) is 18.0 Å². The number of nitrogens with one attached hydrogen (secondary N) is 1. The van der Waals surface area contributed by atoms with Crippen LogP contribution in [0, 0.1) is 17.5 Å². The van der Waals surface area contributed by atoms with Gasteiger partial charge in [-0.25, -0.2) is 13.2 Å². The molecule has 0 heterocycles. The van der Waals surface area contributed by atoms with Gasteiger partial charge in [-0.2, -0.15) is 0 Å². The highest BCUT2D eigenvalue weighted by Crippen LogP contribution is 2.27. The molecule has 2 rings (SSSR count). The molecule has 7 heteroatoms. The van der Waals surface area contributed by atoms with Gasteiger partial charge in [0.15, 0.2) is 0 Å². The highest BCUT2D eigenvalue weighted by atomic mass is 35.5. The first-order valence-electron chi connectivity index (χ1n) is 5.33. The molecule has 0 unspecified atom stereocenters. The van der Waals surface area contributed by atoms with E-state index in [4.69, 9.17) is 16.7 Å². The summed E-state index contributed by atoms with van der Waals surface area (Å²) in [5.41, 5.74) is -0.867. The van der Waals surface area contributed by atoms with Crippen molar-refractivity contribution in [3.8, 4) is 5.75 Å². The Labute approximate surface area is 116 Å². The molecule has 0 saturated carbocycles. The van der Waals surface area contributed by atoms with Gasteiger partial charge in [-0.1, -0.05) is 11.6 Å². The van der Waals surface area contributed by atoms with E-state index < -0.39 is 28.9 Å². The first-order valence-corrected chi connectivity index (χ1v) is 5.70. The monoisotopic (exact) mass is 301 g/mol. The number of rotatable bonds is 2. The molecular formula is C13H7ClF3NO2. The number of benzene rings is 2.